The molecular formula is C77H150O17P2. The summed E-state index contributed by atoms with van der Waals surface area (Å²) in [5.74, 6) is -1.27. The van der Waals surface area contributed by atoms with Gasteiger partial charge in [-0.15, -0.1) is 0 Å². The second-order valence-corrected chi connectivity index (χ2v) is 30.9. The van der Waals surface area contributed by atoms with Gasteiger partial charge in [0.05, 0.1) is 26.4 Å². The first-order chi connectivity index (χ1) is 46.6. The van der Waals surface area contributed by atoms with Crippen LogP contribution in [0, 0.1) is 5.92 Å². The van der Waals surface area contributed by atoms with Gasteiger partial charge in [-0.05, 0) is 31.6 Å². The van der Waals surface area contributed by atoms with E-state index in [-0.39, 0.29) is 25.7 Å². The largest absolute Gasteiger partial charge is 0.472 e. The highest BCUT2D eigenvalue weighted by molar-refractivity contribution is 7.47. The molecule has 0 saturated carbocycles. The molecule has 96 heavy (non-hydrogen) atoms. The number of rotatable bonds is 77. The predicted molar refractivity (Wildman–Crippen MR) is 391 cm³/mol. The maximum absolute atomic E-state index is 13.1. The standard InChI is InChI=1S/C77H150O17P2/c1-6-10-13-16-19-22-24-25-26-27-28-29-33-37-41-46-51-56-61-75(80)88-67-73(94-77(82)63-58-53-48-43-38-34-31-30-32-36-40-44-49-54-59-70(5)9-4)69-92-96(85,86)90-65-71(78)64-89-95(83,84)91-68-72(66-87-74(79)60-55-50-45-39-21-18-15-12-8-3)93-76(81)62-57-52-47-42-35-23-20-17-14-11-7-2/h70-73,78H,6-69H2,1-5H3,(H,83,84)(H,85,86)/t70?,71-,72+,73+/m0/s1. The molecule has 0 heterocycles. The average Bonchev–Trinajstić information content (AvgIpc) is 1.65. The van der Waals surface area contributed by atoms with Crippen molar-refractivity contribution in [1.82, 2.24) is 0 Å². The van der Waals surface area contributed by atoms with Gasteiger partial charge >= 0.3 is 39.5 Å². The van der Waals surface area contributed by atoms with Gasteiger partial charge in [0.1, 0.15) is 19.3 Å². The smallest absolute Gasteiger partial charge is 0.462 e. The fourth-order valence-electron chi connectivity index (χ4n) is 11.8. The second-order valence-electron chi connectivity index (χ2n) is 28.0. The third kappa shape index (κ3) is 69.2. The minimum atomic E-state index is -4.96. The molecule has 0 aromatic rings. The van der Waals surface area contributed by atoms with E-state index in [1.165, 1.54) is 231 Å². The summed E-state index contributed by atoms with van der Waals surface area (Å²) < 4.78 is 68.5. The normalized spacial score (nSPS) is 14.2. The highest BCUT2D eigenvalue weighted by Gasteiger charge is 2.30. The van der Waals surface area contributed by atoms with Crippen molar-refractivity contribution in [3.05, 3.63) is 0 Å². The van der Waals surface area contributed by atoms with Crippen LogP contribution in [0.3, 0.4) is 0 Å². The number of carbonyl (C=O) groups excluding carboxylic acids is 4. The quantitative estimate of drug-likeness (QED) is 0.0222. The van der Waals surface area contributed by atoms with Gasteiger partial charge in [0.15, 0.2) is 12.2 Å². The van der Waals surface area contributed by atoms with Crippen molar-refractivity contribution >= 4 is 39.5 Å². The molecule has 0 aliphatic heterocycles. The van der Waals surface area contributed by atoms with Crippen LogP contribution in [-0.2, 0) is 65.4 Å². The van der Waals surface area contributed by atoms with E-state index in [1.54, 1.807) is 0 Å². The summed E-state index contributed by atoms with van der Waals surface area (Å²) in [6, 6.07) is 0. The first kappa shape index (κ1) is 94.1. The molecule has 0 spiro atoms. The van der Waals surface area contributed by atoms with Crippen LogP contribution in [0.15, 0.2) is 0 Å². The van der Waals surface area contributed by atoms with E-state index in [4.69, 9.17) is 37.0 Å². The van der Waals surface area contributed by atoms with Crippen LogP contribution in [0.4, 0.5) is 0 Å². The number of phosphoric acid groups is 2. The lowest BCUT2D eigenvalue weighted by atomic mass is 9.99. The van der Waals surface area contributed by atoms with Crippen LogP contribution >= 0.6 is 15.6 Å². The maximum atomic E-state index is 13.1. The Kier molecular flexibility index (Phi) is 68.7. The zero-order valence-corrected chi connectivity index (χ0v) is 64.3. The molecule has 0 rings (SSSR count). The van der Waals surface area contributed by atoms with E-state index in [9.17, 15) is 43.2 Å². The molecule has 0 aromatic heterocycles. The number of hydrogen-bond acceptors (Lipinski definition) is 15. The third-order valence-corrected chi connectivity index (χ3v) is 20.3. The Bertz CT molecular complexity index is 1840. The summed E-state index contributed by atoms with van der Waals surface area (Å²) in [5, 5.41) is 10.6. The summed E-state index contributed by atoms with van der Waals surface area (Å²) in [6.07, 6.45) is 59.6. The van der Waals surface area contributed by atoms with Crippen LogP contribution in [0.5, 0.6) is 0 Å². The van der Waals surface area contributed by atoms with Crippen molar-refractivity contribution in [3.63, 3.8) is 0 Å². The maximum Gasteiger partial charge on any atom is 0.472 e. The van der Waals surface area contributed by atoms with Gasteiger partial charge in [-0.25, -0.2) is 9.13 Å². The average molecular weight is 1410 g/mol. The van der Waals surface area contributed by atoms with Crippen LogP contribution in [-0.4, -0.2) is 96.7 Å². The topological polar surface area (TPSA) is 237 Å². The van der Waals surface area contributed by atoms with E-state index in [2.05, 4.69) is 34.6 Å². The van der Waals surface area contributed by atoms with E-state index in [1.807, 2.05) is 0 Å². The van der Waals surface area contributed by atoms with Crippen molar-refractivity contribution in [2.45, 2.75) is 425 Å². The minimum Gasteiger partial charge on any atom is -0.462 e. The molecule has 570 valence electrons. The zero-order valence-electron chi connectivity index (χ0n) is 62.5. The summed E-state index contributed by atoms with van der Waals surface area (Å²) in [4.78, 5) is 72.8. The lowest BCUT2D eigenvalue weighted by Crippen LogP contribution is -2.30. The lowest BCUT2D eigenvalue weighted by Gasteiger charge is -2.21. The summed E-state index contributed by atoms with van der Waals surface area (Å²) in [7, 11) is -9.91. The Labute approximate surface area is 588 Å². The van der Waals surface area contributed by atoms with Crippen molar-refractivity contribution in [1.29, 1.82) is 0 Å². The SMILES string of the molecule is CCCCCCCCCCCCCCCCCCCCC(=O)OC[C@H](COP(=O)(O)OC[C@@H](O)COP(=O)(O)OC[C@@H](COC(=O)CCCCCCCCCCC)OC(=O)CCCCCCCCCCCCC)OC(=O)CCCCCCCCCCCCCCCCC(C)CC. The second kappa shape index (κ2) is 70.1. The zero-order chi connectivity index (χ0) is 70.5. The molecule has 3 unspecified atom stereocenters. The number of esters is 4. The number of carbonyl (C=O) groups is 4. The lowest BCUT2D eigenvalue weighted by molar-refractivity contribution is -0.161. The number of hydrogen-bond donors (Lipinski definition) is 3. The Morgan fingerprint density at radius 1 is 0.292 bits per heavy atom. The predicted octanol–water partition coefficient (Wildman–Crippen LogP) is 22.9. The third-order valence-electron chi connectivity index (χ3n) is 18.4. The van der Waals surface area contributed by atoms with Gasteiger partial charge in [-0.3, -0.25) is 37.3 Å². The van der Waals surface area contributed by atoms with Crippen molar-refractivity contribution < 1.29 is 80.2 Å². The van der Waals surface area contributed by atoms with Crippen molar-refractivity contribution in [2.75, 3.05) is 39.6 Å². The molecule has 0 amide bonds. The van der Waals surface area contributed by atoms with Crippen LogP contribution in [0.25, 0.3) is 0 Å². The van der Waals surface area contributed by atoms with Gasteiger partial charge in [-0.1, -0.05) is 356 Å². The van der Waals surface area contributed by atoms with E-state index < -0.39 is 97.5 Å². The Hall–Kier alpha value is -1.94. The van der Waals surface area contributed by atoms with E-state index in [0.717, 1.165) is 95.8 Å². The molecule has 6 atom stereocenters. The number of aliphatic hydroxyl groups is 1. The Balaban J connectivity index is 5.21. The molecule has 19 heteroatoms. The highest BCUT2D eigenvalue weighted by Crippen LogP contribution is 2.45. The Morgan fingerprint density at radius 2 is 0.500 bits per heavy atom. The molecular weight excluding hydrogens is 1260 g/mol. The number of aliphatic hydroxyl groups excluding tert-OH is 1. The molecule has 0 aromatic carbocycles. The van der Waals surface area contributed by atoms with E-state index >= 15 is 0 Å². The van der Waals surface area contributed by atoms with Gasteiger partial charge in [-0.2, -0.15) is 0 Å². The summed E-state index contributed by atoms with van der Waals surface area (Å²) in [5.41, 5.74) is 0. The van der Waals surface area contributed by atoms with Gasteiger partial charge in [0, 0.05) is 25.7 Å². The molecule has 0 bridgehead atoms. The molecule has 0 saturated heterocycles. The molecule has 3 N–H and O–H groups in total. The summed E-state index contributed by atoms with van der Waals surface area (Å²) >= 11 is 0. The van der Waals surface area contributed by atoms with Crippen LogP contribution in [0.2, 0.25) is 0 Å². The Morgan fingerprint density at radius 3 is 0.740 bits per heavy atom. The molecule has 0 fully saturated rings. The van der Waals surface area contributed by atoms with Gasteiger partial charge in [0.2, 0.25) is 0 Å². The molecule has 0 aliphatic rings. The van der Waals surface area contributed by atoms with Gasteiger partial charge in [0.25, 0.3) is 0 Å². The van der Waals surface area contributed by atoms with Gasteiger partial charge < -0.3 is 33.8 Å². The first-order valence-corrected chi connectivity index (χ1v) is 43.2. The van der Waals surface area contributed by atoms with Crippen LogP contribution < -0.4 is 0 Å². The minimum absolute atomic E-state index is 0.107. The number of phosphoric ester groups is 2. The molecule has 17 nitrogen and oxygen atoms in total. The highest BCUT2D eigenvalue weighted by atomic mass is 31.2. The first-order valence-electron chi connectivity index (χ1n) is 40.2. The molecule has 0 radical (unpaired) electrons. The monoisotopic (exact) mass is 1410 g/mol. The number of unbranched alkanes of at least 4 members (excludes halogenated alkanes) is 48. The fraction of sp³-hybridized carbons (Fsp3) is 0.948. The molecule has 0 aliphatic carbocycles. The van der Waals surface area contributed by atoms with Crippen molar-refractivity contribution in [3.8, 4) is 0 Å². The van der Waals surface area contributed by atoms with E-state index in [0.29, 0.717) is 25.7 Å². The van der Waals surface area contributed by atoms with Crippen molar-refractivity contribution in [2.24, 2.45) is 5.92 Å². The fourth-order valence-corrected chi connectivity index (χ4v) is 13.4. The number of ether oxygens (including phenoxy) is 4. The van der Waals surface area contributed by atoms with Crippen LogP contribution in [0.1, 0.15) is 407 Å². The summed E-state index contributed by atoms with van der Waals surface area (Å²) in [6.45, 7) is 7.34.